The number of anilines is 4. The van der Waals surface area contributed by atoms with Gasteiger partial charge in [-0.25, -0.2) is 4.98 Å². The number of piperazine rings is 1. The van der Waals surface area contributed by atoms with Crippen LogP contribution in [0.25, 0.3) is 11.0 Å². The number of Topliss-reactive ketones (excluding diaryl/α,β-unsaturated/α-hetero) is 1. The summed E-state index contributed by atoms with van der Waals surface area (Å²) in [4.78, 5) is 81.8. The lowest BCUT2D eigenvalue weighted by Crippen LogP contribution is -2.52. The second-order valence-corrected chi connectivity index (χ2v) is 16.7. The van der Waals surface area contributed by atoms with E-state index in [2.05, 4.69) is 48.5 Å². The molecule has 0 radical (unpaired) electrons. The molecule has 4 fully saturated rings. The van der Waals surface area contributed by atoms with Crippen LogP contribution in [0.2, 0.25) is 0 Å². The minimum atomic E-state index is -0.597. The Morgan fingerprint density at radius 3 is 2.28 bits per heavy atom. The summed E-state index contributed by atoms with van der Waals surface area (Å²) in [6.45, 7) is 10.7. The van der Waals surface area contributed by atoms with E-state index in [0.29, 0.717) is 41.6 Å². The molecule has 2 N–H and O–H groups in total. The van der Waals surface area contributed by atoms with Gasteiger partial charge in [-0.1, -0.05) is 12.8 Å². The number of benzene rings is 2. The minimum absolute atomic E-state index is 0.0318. The molecule has 5 aliphatic rings. The summed E-state index contributed by atoms with van der Waals surface area (Å²) in [5.41, 5.74) is 5.97. The predicted molar refractivity (Wildman–Crippen MR) is 222 cm³/mol. The number of pyridine rings is 1. The van der Waals surface area contributed by atoms with Gasteiger partial charge in [-0.15, -0.1) is 0 Å². The van der Waals surface area contributed by atoms with Crippen LogP contribution >= 0.6 is 0 Å². The van der Waals surface area contributed by atoms with Crippen LogP contribution in [0, 0.1) is 12.8 Å². The number of fused-ring (bicyclic) bond motifs is 2. The molecule has 14 nitrogen and oxygen atoms in total. The maximum atomic E-state index is 13.6. The lowest BCUT2D eigenvalue weighted by atomic mass is 9.95. The third-order valence-corrected chi connectivity index (χ3v) is 13.1. The zero-order valence-corrected chi connectivity index (χ0v) is 33.3. The van der Waals surface area contributed by atoms with Crippen molar-refractivity contribution in [3.05, 3.63) is 81.3 Å². The highest BCUT2D eigenvalue weighted by molar-refractivity contribution is 6.05. The van der Waals surface area contributed by atoms with Crippen molar-refractivity contribution in [1.29, 1.82) is 0 Å². The molecule has 0 spiro atoms. The number of piperidine rings is 2. The summed E-state index contributed by atoms with van der Waals surface area (Å²) in [5.74, 6) is 0.0392. The quantitative estimate of drug-likeness (QED) is 0.175. The first-order valence-corrected chi connectivity index (χ1v) is 20.9. The number of carbonyl (C=O) groups is 4. The molecule has 3 saturated heterocycles. The van der Waals surface area contributed by atoms with Gasteiger partial charge in [0.25, 0.3) is 11.5 Å². The molecule has 58 heavy (non-hydrogen) atoms. The highest BCUT2D eigenvalue weighted by Gasteiger charge is 2.39. The third kappa shape index (κ3) is 7.22. The molecule has 4 aliphatic heterocycles. The van der Waals surface area contributed by atoms with Gasteiger partial charge < -0.3 is 20.0 Å². The van der Waals surface area contributed by atoms with E-state index < -0.39 is 6.04 Å². The molecule has 0 bridgehead atoms. The number of nitrogens with one attached hydrogen (secondary N) is 2. The number of hydrogen-bond donors (Lipinski definition) is 2. The van der Waals surface area contributed by atoms with E-state index >= 15 is 0 Å². The number of rotatable bonds is 9. The number of imide groups is 1. The Morgan fingerprint density at radius 1 is 0.862 bits per heavy atom. The smallest absolute Gasteiger partial charge is 0.263 e. The lowest BCUT2D eigenvalue weighted by Gasteiger charge is -2.40. The van der Waals surface area contributed by atoms with Crippen molar-refractivity contribution in [2.75, 3.05) is 60.9 Å². The van der Waals surface area contributed by atoms with E-state index in [1.54, 1.807) is 15.7 Å². The zero-order valence-electron chi connectivity index (χ0n) is 33.3. The van der Waals surface area contributed by atoms with Gasteiger partial charge in [0, 0.05) is 99.0 Å². The molecular formula is C44H51N9O5. The fourth-order valence-electron chi connectivity index (χ4n) is 9.88. The van der Waals surface area contributed by atoms with Gasteiger partial charge in [-0.2, -0.15) is 4.98 Å². The standard InChI is InChI=1S/C44H51N9O5/c1-27-36-24-45-44(48-40(36)53(33-5-3-4-6-33)43(58)39(27)28(2)54)46-31-7-9-32(10-8-31)51-21-19-49(20-22-51)25-29-15-17-50(18-16-29)34-11-12-35-30(23-34)26-52(42(35)57)37-13-14-38(55)47-41(37)56/h7-12,23-24,29,33,37H,3-6,13-22,25-26H2,1-2H3,(H,45,46,48)(H,47,55,56). The summed E-state index contributed by atoms with van der Waals surface area (Å²) in [7, 11) is 0. The fourth-order valence-corrected chi connectivity index (χ4v) is 9.88. The molecule has 6 heterocycles. The summed E-state index contributed by atoms with van der Waals surface area (Å²) in [6.07, 6.45) is 8.50. The average molecular weight is 786 g/mol. The summed E-state index contributed by atoms with van der Waals surface area (Å²) < 4.78 is 1.74. The Hall–Kier alpha value is -5.63. The van der Waals surface area contributed by atoms with E-state index in [9.17, 15) is 24.0 Å². The number of amides is 3. The maximum absolute atomic E-state index is 13.6. The Labute approximate surface area is 337 Å². The number of nitrogens with zero attached hydrogens (tertiary/aromatic N) is 7. The van der Waals surface area contributed by atoms with Gasteiger partial charge in [0.05, 0.1) is 5.56 Å². The van der Waals surface area contributed by atoms with Gasteiger partial charge >= 0.3 is 0 Å². The van der Waals surface area contributed by atoms with Crippen molar-refractivity contribution in [3.63, 3.8) is 0 Å². The normalized spacial score (nSPS) is 20.9. The Morgan fingerprint density at radius 2 is 1.57 bits per heavy atom. The fraction of sp³-hybridized carbons (Fsp3) is 0.477. The second kappa shape index (κ2) is 15.6. The van der Waals surface area contributed by atoms with Gasteiger partial charge in [0.2, 0.25) is 17.8 Å². The van der Waals surface area contributed by atoms with E-state index in [1.807, 2.05) is 31.2 Å². The Kier molecular flexibility index (Phi) is 10.2. The van der Waals surface area contributed by atoms with Crippen LogP contribution in [-0.2, 0) is 16.1 Å². The van der Waals surface area contributed by atoms with E-state index in [1.165, 1.54) is 12.6 Å². The first-order valence-electron chi connectivity index (χ1n) is 20.9. The Bertz CT molecular complexity index is 2340. The highest BCUT2D eigenvalue weighted by Crippen LogP contribution is 2.34. The maximum Gasteiger partial charge on any atom is 0.263 e. The van der Waals surface area contributed by atoms with E-state index in [4.69, 9.17) is 4.98 Å². The molecule has 9 rings (SSSR count). The number of aromatic nitrogens is 3. The van der Waals surface area contributed by atoms with Crippen LogP contribution in [0.15, 0.2) is 53.5 Å². The van der Waals surface area contributed by atoms with E-state index in [0.717, 1.165) is 107 Å². The predicted octanol–water partition coefficient (Wildman–Crippen LogP) is 4.96. The van der Waals surface area contributed by atoms with Gasteiger partial charge in [0.1, 0.15) is 11.7 Å². The molecule has 2 aromatic heterocycles. The molecule has 1 unspecified atom stereocenters. The molecule has 3 amide bonds. The van der Waals surface area contributed by atoms with E-state index in [-0.39, 0.29) is 47.1 Å². The topological polar surface area (TPSA) is 153 Å². The van der Waals surface area contributed by atoms with Crippen LogP contribution < -0.4 is 26.0 Å². The monoisotopic (exact) mass is 785 g/mol. The third-order valence-electron chi connectivity index (χ3n) is 13.1. The zero-order chi connectivity index (χ0) is 40.1. The molecule has 302 valence electrons. The number of carbonyl (C=O) groups excluding carboxylic acids is 4. The van der Waals surface area contributed by atoms with Crippen molar-refractivity contribution in [3.8, 4) is 0 Å². The van der Waals surface area contributed by atoms with Crippen LogP contribution in [0.5, 0.6) is 0 Å². The average Bonchev–Trinajstić information content (AvgIpc) is 3.87. The lowest BCUT2D eigenvalue weighted by molar-refractivity contribution is -0.136. The van der Waals surface area contributed by atoms with Crippen molar-refractivity contribution < 1.29 is 19.2 Å². The largest absolute Gasteiger partial charge is 0.372 e. The minimum Gasteiger partial charge on any atom is -0.372 e. The molecular weight excluding hydrogens is 735 g/mol. The molecule has 14 heteroatoms. The second-order valence-electron chi connectivity index (χ2n) is 16.7. The van der Waals surface area contributed by atoms with Crippen LogP contribution in [0.3, 0.4) is 0 Å². The first kappa shape index (κ1) is 37.9. The summed E-state index contributed by atoms with van der Waals surface area (Å²) >= 11 is 0. The first-order chi connectivity index (χ1) is 28.1. The van der Waals surface area contributed by atoms with Crippen molar-refractivity contribution in [2.24, 2.45) is 5.92 Å². The molecule has 4 aromatic rings. The molecule has 1 saturated carbocycles. The Balaban J connectivity index is 0.767. The molecule has 2 aromatic carbocycles. The van der Waals surface area contributed by atoms with Gasteiger partial charge in [-0.05, 0) is 105 Å². The number of hydrogen-bond acceptors (Lipinski definition) is 11. The van der Waals surface area contributed by atoms with Gasteiger partial charge in [-0.3, -0.25) is 38.8 Å². The SMILES string of the molecule is CC(=O)c1c(C)c2cnc(Nc3ccc(N4CCN(CC5CCN(c6ccc7c(c6)CN(C6CCC(=O)NC6=O)C7=O)CC5)CC4)cc3)nc2n(C2CCCC2)c1=O. The molecule has 1 aliphatic carbocycles. The summed E-state index contributed by atoms with van der Waals surface area (Å²) in [5, 5.41) is 6.46. The summed E-state index contributed by atoms with van der Waals surface area (Å²) in [6, 6.07) is 13.8. The van der Waals surface area contributed by atoms with Crippen molar-refractivity contribution in [2.45, 2.75) is 83.8 Å². The van der Waals surface area contributed by atoms with Gasteiger partial charge in [0.15, 0.2) is 5.78 Å². The van der Waals surface area contributed by atoms with Crippen LogP contribution in [0.4, 0.5) is 23.0 Å². The van der Waals surface area contributed by atoms with Crippen molar-refractivity contribution >= 4 is 57.5 Å². The highest BCUT2D eigenvalue weighted by atomic mass is 16.2. The van der Waals surface area contributed by atoms with Crippen LogP contribution in [-0.4, -0.2) is 99.7 Å². The number of aryl methyl sites for hydroxylation is 1. The van der Waals surface area contributed by atoms with Crippen molar-refractivity contribution in [1.82, 2.24) is 29.7 Å². The molecule has 1 atom stereocenters. The number of ketones is 1. The van der Waals surface area contributed by atoms with Crippen LogP contribution in [0.1, 0.15) is 96.2 Å².